The van der Waals surface area contributed by atoms with Crippen LogP contribution in [-0.4, -0.2) is 51.1 Å². The number of nitrogens with one attached hydrogen (secondary N) is 1. The predicted octanol–water partition coefficient (Wildman–Crippen LogP) is 4.07. The Morgan fingerprint density at radius 1 is 1.03 bits per heavy atom. The number of benzene rings is 2. The SMILES string of the molecule is CN=C(NCCc1ccn(-c2ccc(F)cc2)n1)N(C)Cc1cnn(-c2ccccc2)c1.I. The summed E-state index contributed by atoms with van der Waals surface area (Å²) in [5, 5.41) is 12.4. The first-order chi connectivity index (χ1) is 15.6. The molecule has 4 rings (SSSR count). The van der Waals surface area contributed by atoms with Gasteiger partial charge in [-0.25, -0.2) is 13.8 Å². The molecule has 1 N–H and O–H groups in total. The number of rotatable bonds is 7. The predicted molar refractivity (Wildman–Crippen MR) is 139 cm³/mol. The maximum Gasteiger partial charge on any atom is 0.193 e. The van der Waals surface area contributed by atoms with Crippen molar-refractivity contribution >= 4 is 29.9 Å². The molecule has 33 heavy (non-hydrogen) atoms. The van der Waals surface area contributed by atoms with E-state index in [1.807, 2.05) is 66.7 Å². The van der Waals surface area contributed by atoms with Crippen LogP contribution in [0, 0.1) is 5.82 Å². The second kappa shape index (κ2) is 11.6. The third-order valence-electron chi connectivity index (χ3n) is 5.05. The van der Waals surface area contributed by atoms with E-state index < -0.39 is 0 Å². The van der Waals surface area contributed by atoms with Gasteiger partial charge < -0.3 is 10.2 Å². The van der Waals surface area contributed by atoms with E-state index in [9.17, 15) is 4.39 Å². The van der Waals surface area contributed by atoms with Crippen molar-refractivity contribution in [2.75, 3.05) is 20.6 Å². The maximum absolute atomic E-state index is 13.1. The van der Waals surface area contributed by atoms with Crippen LogP contribution in [0.15, 0.2) is 84.2 Å². The van der Waals surface area contributed by atoms with Crippen molar-refractivity contribution in [3.05, 3.63) is 96.3 Å². The van der Waals surface area contributed by atoms with Crippen molar-refractivity contribution in [2.45, 2.75) is 13.0 Å². The zero-order valence-corrected chi connectivity index (χ0v) is 20.9. The third kappa shape index (κ3) is 6.41. The summed E-state index contributed by atoms with van der Waals surface area (Å²) in [6.07, 6.45) is 6.53. The minimum absolute atomic E-state index is 0. The van der Waals surface area contributed by atoms with Gasteiger partial charge in [0.05, 0.1) is 23.3 Å². The van der Waals surface area contributed by atoms with Crippen molar-refractivity contribution < 1.29 is 4.39 Å². The highest BCUT2D eigenvalue weighted by Crippen LogP contribution is 2.10. The summed E-state index contributed by atoms with van der Waals surface area (Å²) in [4.78, 5) is 6.44. The summed E-state index contributed by atoms with van der Waals surface area (Å²) in [6.45, 7) is 1.38. The average Bonchev–Trinajstić information content (AvgIpc) is 3.48. The minimum atomic E-state index is -0.256. The van der Waals surface area contributed by atoms with Crippen LogP contribution in [0.2, 0.25) is 0 Å². The Kier molecular flexibility index (Phi) is 8.58. The lowest BCUT2D eigenvalue weighted by molar-refractivity contribution is 0.477. The Balaban J connectivity index is 0.00000306. The van der Waals surface area contributed by atoms with Crippen molar-refractivity contribution in [1.29, 1.82) is 0 Å². The van der Waals surface area contributed by atoms with E-state index >= 15 is 0 Å². The standard InChI is InChI=1S/C24H26FN7.HI/c1-26-24(30(2)17-19-16-28-32(18-19)22-6-4-3-5-7-22)27-14-12-21-13-15-31(29-21)23-10-8-20(25)9-11-23;/h3-11,13,15-16,18H,12,14,17H2,1-2H3,(H,26,27);1H. The molecule has 2 aromatic carbocycles. The van der Waals surface area contributed by atoms with Gasteiger partial charge in [-0.1, -0.05) is 18.2 Å². The molecule has 0 aliphatic heterocycles. The van der Waals surface area contributed by atoms with Crippen molar-refractivity contribution in [2.24, 2.45) is 4.99 Å². The van der Waals surface area contributed by atoms with Gasteiger partial charge in [-0.05, 0) is 42.5 Å². The number of hydrogen-bond donors (Lipinski definition) is 1. The number of aromatic nitrogens is 4. The lowest BCUT2D eigenvalue weighted by Gasteiger charge is -2.21. The first-order valence-corrected chi connectivity index (χ1v) is 10.4. The fourth-order valence-electron chi connectivity index (χ4n) is 3.43. The molecule has 9 heteroatoms. The molecule has 0 atom stereocenters. The molecule has 4 aromatic rings. The molecule has 0 spiro atoms. The highest BCUT2D eigenvalue weighted by atomic mass is 127. The zero-order chi connectivity index (χ0) is 22.3. The minimum Gasteiger partial charge on any atom is -0.356 e. The van der Waals surface area contributed by atoms with Gasteiger partial charge in [-0.2, -0.15) is 10.2 Å². The Morgan fingerprint density at radius 3 is 2.48 bits per heavy atom. The smallest absolute Gasteiger partial charge is 0.193 e. The molecule has 0 saturated heterocycles. The van der Waals surface area contributed by atoms with E-state index in [-0.39, 0.29) is 29.8 Å². The molecule has 0 aliphatic rings. The molecule has 2 aromatic heterocycles. The maximum atomic E-state index is 13.1. The summed E-state index contributed by atoms with van der Waals surface area (Å²) in [7, 11) is 3.77. The van der Waals surface area contributed by atoms with Gasteiger partial charge in [0.1, 0.15) is 5.82 Å². The first-order valence-electron chi connectivity index (χ1n) is 10.4. The second-order valence-electron chi connectivity index (χ2n) is 7.44. The van der Waals surface area contributed by atoms with Gasteiger partial charge >= 0.3 is 0 Å². The van der Waals surface area contributed by atoms with E-state index in [1.165, 1.54) is 12.1 Å². The number of guanidine groups is 1. The molecular weight excluding hydrogens is 532 g/mol. The van der Waals surface area contributed by atoms with Crippen LogP contribution < -0.4 is 5.32 Å². The third-order valence-corrected chi connectivity index (χ3v) is 5.05. The molecule has 0 aliphatic carbocycles. The Bertz CT molecular complexity index is 1170. The topological polar surface area (TPSA) is 63.3 Å². The monoisotopic (exact) mass is 559 g/mol. The molecule has 0 fully saturated rings. The summed E-state index contributed by atoms with van der Waals surface area (Å²) in [5.74, 6) is 0.545. The fourth-order valence-corrected chi connectivity index (χ4v) is 3.43. The molecule has 0 saturated carbocycles. The van der Waals surface area contributed by atoms with Crippen LogP contribution in [0.25, 0.3) is 11.4 Å². The van der Waals surface area contributed by atoms with Crippen molar-refractivity contribution in [3.8, 4) is 11.4 Å². The van der Waals surface area contributed by atoms with Crippen LogP contribution in [-0.2, 0) is 13.0 Å². The van der Waals surface area contributed by atoms with E-state index in [0.717, 1.165) is 35.0 Å². The van der Waals surface area contributed by atoms with Gasteiger partial charge in [0, 0.05) is 51.6 Å². The molecular formula is C24H27FIN7. The molecule has 0 unspecified atom stereocenters. The van der Waals surface area contributed by atoms with Gasteiger partial charge in [0.25, 0.3) is 0 Å². The number of hydrogen-bond acceptors (Lipinski definition) is 3. The largest absolute Gasteiger partial charge is 0.356 e. The van der Waals surface area contributed by atoms with Gasteiger partial charge in [-0.3, -0.25) is 4.99 Å². The molecule has 0 bridgehead atoms. The number of nitrogens with zero attached hydrogens (tertiary/aromatic N) is 6. The average molecular weight is 559 g/mol. The van der Waals surface area contributed by atoms with Crippen LogP contribution in [0.3, 0.4) is 0 Å². The zero-order valence-electron chi connectivity index (χ0n) is 18.6. The van der Waals surface area contributed by atoms with E-state index in [1.54, 1.807) is 23.9 Å². The highest BCUT2D eigenvalue weighted by molar-refractivity contribution is 14.0. The molecule has 7 nitrogen and oxygen atoms in total. The lowest BCUT2D eigenvalue weighted by atomic mass is 10.3. The normalized spacial score (nSPS) is 11.2. The number of halogens is 2. The van der Waals surface area contributed by atoms with Crippen LogP contribution in [0.5, 0.6) is 0 Å². The van der Waals surface area contributed by atoms with Gasteiger partial charge in [0.15, 0.2) is 5.96 Å². The van der Waals surface area contributed by atoms with Crippen LogP contribution >= 0.6 is 24.0 Å². The quantitative estimate of drug-likeness (QED) is 0.211. The second-order valence-corrected chi connectivity index (χ2v) is 7.44. The molecule has 172 valence electrons. The summed E-state index contributed by atoms with van der Waals surface area (Å²) in [6, 6.07) is 18.3. The number of aliphatic imine (C=N–C) groups is 1. The van der Waals surface area contributed by atoms with Crippen LogP contribution in [0.4, 0.5) is 4.39 Å². The van der Waals surface area contributed by atoms with Gasteiger partial charge in [0.2, 0.25) is 0 Å². The Hall–Kier alpha value is -3.21. The molecule has 0 amide bonds. The lowest BCUT2D eigenvalue weighted by Crippen LogP contribution is -2.39. The molecule has 2 heterocycles. The summed E-state index contributed by atoms with van der Waals surface area (Å²) in [5.41, 5.74) is 3.91. The van der Waals surface area contributed by atoms with Gasteiger partial charge in [-0.15, -0.1) is 24.0 Å². The first kappa shape index (κ1) is 24.4. The van der Waals surface area contributed by atoms with E-state index in [4.69, 9.17) is 0 Å². The molecule has 0 radical (unpaired) electrons. The van der Waals surface area contributed by atoms with E-state index in [0.29, 0.717) is 13.1 Å². The van der Waals surface area contributed by atoms with E-state index in [2.05, 4.69) is 25.4 Å². The van der Waals surface area contributed by atoms with Crippen LogP contribution in [0.1, 0.15) is 11.3 Å². The van der Waals surface area contributed by atoms with Crippen molar-refractivity contribution in [3.63, 3.8) is 0 Å². The fraction of sp³-hybridized carbons (Fsp3) is 0.208. The summed E-state index contributed by atoms with van der Waals surface area (Å²) < 4.78 is 16.7. The number of para-hydroxylation sites is 1. The Labute approximate surface area is 210 Å². The summed E-state index contributed by atoms with van der Waals surface area (Å²) >= 11 is 0. The highest BCUT2D eigenvalue weighted by Gasteiger charge is 2.09. The Morgan fingerprint density at radius 2 is 1.76 bits per heavy atom. The van der Waals surface area contributed by atoms with Crippen molar-refractivity contribution in [1.82, 2.24) is 29.8 Å².